The number of carbonyl (C=O) groups excluding carboxylic acids is 2. The third-order valence-corrected chi connectivity index (χ3v) is 3.89. The lowest BCUT2D eigenvalue weighted by Crippen LogP contribution is -2.50. The molecule has 0 radical (unpaired) electrons. The maximum absolute atomic E-state index is 12.3. The lowest BCUT2D eigenvalue weighted by atomic mass is 9.95. The first-order valence-electron chi connectivity index (χ1n) is 7.98. The summed E-state index contributed by atoms with van der Waals surface area (Å²) in [6.07, 6.45) is 1.55. The Labute approximate surface area is 127 Å². The first-order valence-corrected chi connectivity index (χ1v) is 7.98. The first-order chi connectivity index (χ1) is 10.2. The van der Waals surface area contributed by atoms with Gasteiger partial charge in [0.25, 0.3) is 0 Å². The highest BCUT2D eigenvalue weighted by atomic mass is 16.5. The molecule has 0 aromatic rings. The second-order valence-corrected chi connectivity index (χ2v) is 5.16. The van der Waals surface area contributed by atoms with E-state index < -0.39 is 0 Å². The molecule has 0 aromatic carbocycles. The Morgan fingerprint density at radius 3 is 2.14 bits per heavy atom. The highest BCUT2D eigenvalue weighted by Crippen LogP contribution is 2.20. The summed E-state index contributed by atoms with van der Waals surface area (Å²) >= 11 is 0. The summed E-state index contributed by atoms with van der Waals surface area (Å²) < 4.78 is 4.85. The van der Waals surface area contributed by atoms with Crippen LogP contribution >= 0.6 is 0 Å². The highest BCUT2D eigenvalue weighted by molar-refractivity contribution is 5.80. The maximum Gasteiger partial charge on any atom is 0.248 e. The van der Waals surface area contributed by atoms with Gasteiger partial charge in [-0.3, -0.25) is 9.59 Å². The van der Waals surface area contributed by atoms with Gasteiger partial charge in [0, 0.05) is 52.3 Å². The Kier molecular flexibility index (Phi) is 8.30. The van der Waals surface area contributed by atoms with Gasteiger partial charge >= 0.3 is 0 Å². The van der Waals surface area contributed by atoms with Crippen molar-refractivity contribution in [2.75, 3.05) is 53.0 Å². The van der Waals surface area contributed by atoms with Gasteiger partial charge in [0.05, 0.1) is 0 Å². The van der Waals surface area contributed by atoms with Gasteiger partial charge in [0.1, 0.15) is 6.61 Å². The van der Waals surface area contributed by atoms with Crippen LogP contribution < -0.4 is 5.32 Å². The van der Waals surface area contributed by atoms with Gasteiger partial charge in [-0.15, -0.1) is 0 Å². The summed E-state index contributed by atoms with van der Waals surface area (Å²) in [5, 5.41) is 3.25. The van der Waals surface area contributed by atoms with E-state index in [-0.39, 0.29) is 24.3 Å². The highest BCUT2D eigenvalue weighted by Gasteiger charge is 2.30. The van der Waals surface area contributed by atoms with Gasteiger partial charge < -0.3 is 19.9 Å². The van der Waals surface area contributed by atoms with E-state index in [1.54, 1.807) is 4.90 Å². The normalized spacial score (nSPS) is 19.8. The second kappa shape index (κ2) is 9.73. The molecule has 2 amide bonds. The lowest BCUT2D eigenvalue weighted by Gasteiger charge is -2.35. The molecular weight excluding hydrogens is 270 g/mol. The number of nitrogens with zero attached hydrogens (tertiary/aromatic N) is 2. The molecule has 6 nitrogen and oxygen atoms in total. The van der Waals surface area contributed by atoms with Gasteiger partial charge in [-0.25, -0.2) is 0 Å². The Hall–Kier alpha value is -1.14. The van der Waals surface area contributed by atoms with E-state index in [0.29, 0.717) is 13.1 Å². The van der Waals surface area contributed by atoms with Crippen LogP contribution in [0.4, 0.5) is 0 Å². The van der Waals surface area contributed by atoms with Gasteiger partial charge in [-0.2, -0.15) is 0 Å². The molecule has 0 unspecified atom stereocenters. The molecule has 2 aliphatic heterocycles. The molecule has 2 aliphatic rings. The summed E-state index contributed by atoms with van der Waals surface area (Å²) in [6.45, 7) is 8.86. The zero-order chi connectivity index (χ0) is 15.7. The molecule has 0 aromatic heterocycles. The Morgan fingerprint density at radius 1 is 1.05 bits per heavy atom. The standard InChI is InChI=1S/C13H23N3O3.C2H6/c1-19-10-12(17)15-6-2-11(3-7-15)13(18)16-8-4-14-5-9-16;1-2/h11,14H,2-10H2,1H3;1-2H3. The summed E-state index contributed by atoms with van der Waals surface area (Å²) in [7, 11) is 1.53. The molecule has 21 heavy (non-hydrogen) atoms. The number of likely N-dealkylation sites (tertiary alicyclic amines) is 1. The predicted octanol–water partition coefficient (Wildman–Crippen LogP) is 0.329. The van der Waals surface area contributed by atoms with Crippen molar-refractivity contribution in [3.8, 4) is 0 Å². The van der Waals surface area contributed by atoms with Crippen LogP contribution in [-0.4, -0.2) is 74.6 Å². The summed E-state index contributed by atoms with van der Waals surface area (Å²) in [4.78, 5) is 27.7. The number of nitrogens with one attached hydrogen (secondary N) is 1. The smallest absolute Gasteiger partial charge is 0.248 e. The van der Waals surface area contributed by atoms with E-state index in [4.69, 9.17) is 4.74 Å². The number of rotatable bonds is 3. The molecule has 2 heterocycles. The number of methoxy groups -OCH3 is 1. The molecule has 0 aliphatic carbocycles. The zero-order valence-corrected chi connectivity index (χ0v) is 13.6. The van der Waals surface area contributed by atoms with Crippen LogP contribution in [0.3, 0.4) is 0 Å². The fraction of sp³-hybridized carbons (Fsp3) is 0.867. The van der Waals surface area contributed by atoms with Gasteiger partial charge in [-0.1, -0.05) is 13.8 Å². The minimum Gasteiger partial charge on any atom is -0.375 e. The molecular formula is C15H29N3O3. The van der Waals surface area contributed by atoms with Crippen LogP contribution in [0.15, 0.2) is 0 Å². The van der Waals surface area contributed by atoms with E-state index in [9.17, 15) is 9.59 Å². The van der Waals surface area contributed by atoms with Crippen molar-refractivity contribution in [3.63, 3.8) is 0 Å². The molecule has 6 heteroatoms. The van der Waals surface area contributed by atoms with Crippen LogP contribution in [0.1, 0.15) is 26.7 Å². The Bertz CT molecular complexity index is 322. The van der Waals surface area contributed by atoms with E-state index in [0.717, 1.165) is 39.0 Å². The summed E-state index contributed by atoms with van der Waals surface area (Å²) in [5.74, 6) is 0.376. The fourth-order valence-electron chi connectivity index (χ4n) is 2.73. The molecule has 2 rings (SSSR count). The topological polar surface area (TPSA) is 61.9 Å². The largest absolute Gasteiger partial charge is 0.375 e. The number of ether oxygens (including phenoxy) is 1. The van der Waals surface area contributed by atoms with Crippen molar-refractivity contribution in [3.05, 3.63) is 0 Å². The van der Waals surface area contributed by atoms with E-state index >= 15 is 0 Å². The van der Waals surface area contributed by atoms with Crippen LogP contribution in [0.25, 0.3) is 0 Å². The zero-order valence-electron chi connectivity index (χ0n) is 13.6. The van der Waals surface area contributed by atoms with Crippen molar-refractivity contribution in [2.45, 2.75) is 26.7 Å². The third kappa shape index (κ3) is 5.28. The predicted molar refractivity (Wildman–Crippen MR) is 82.0 cm³/mol. The number of piperazine rings is 1. The summed E-state index contributed by atoms with van der Waals surface area (Å²) in [5.41, 5.74) is 0. The number of carbonyl (C=O) groups is 2. The van der Waals surface area contributed by atoms with Crippen molar-refractivity contribution >= 4 is 11.8 Å². The molecule has 2 fully saturated rings. The number of amides is 2. The molecule has 122 valence electrons. The Balaban J connectivity index is 0.00000106. The minimum atomic E-state index is 0.0237. The third-order valence-electron chi connectivity index (χ3n) is 3.89. The van der Waals surface area contributed by atoms with E-state index in [1.807, 2.05) is 18.7 Å². The van der Waals surface area contributed by atoms with Crippen molar-refractivity contribution in [2.24, 2.45) is 5.92 Å². The average Bonchev–Trinajstić information content (AvgIpc) is 2.57. The first kappa shape index (κ1) is 17.9. The second-order valence-electron chi connectivity index (χ2n) is 5.16. The van der Waals surface area contributed by atoms with E-state index in [2.05, 4.69) is 5.32 Å². The molecule has 0 saturated carbocycles. The number of hydrogen-bond acceptors (Lipinski definition) is 4. The van der Waals surface area contributed by atoms with Gasteiger partial charge in [-0.05, 0) is 12.8 Å². The average molecular weight is 299 g/mol. The van der Waals surface area contributed by atoms with Crippen LogP contribution in [0.2, 0.25) is 0 Å². The Morgan fingerprint density at radius 2 is 1.62 bits per heavy atom. The van der Waals surface area contributed by atoms with Crippen LogP contribution in [0, 0.1) is 5.92 Å². The quantitative estimate of drug-likeness (QED) is 0.816. The molecule has 2 saturated heterocycles. The molecule has 1 N–H and O–H groups in total. The van der Waals surface area contributed by atoms with Crippen LogP contribution in [0.5, 0.6) is 0 Å². The van der Waals surface area contributed by atoms with Gasteiger partial charge in [0.2, 0.25) is 11.8 Å². The SMILES string of the molecule is CC.COCC(=O)N1CCC(C(=O)N2CCNCC2)CC1. The monoisotopic (exact) mass is 299 g/mol. The van der Waals surface area contributed by atoms with Crippen molar-refractivity contribution in [1.82, 2.24) is 15.1 Å². The maximum atomic E-state index is 12.3. The molecule has 0 bridgehead atoms. The van der Waals surface area contributed by atoms with Crippen molar-refractivity contribution < 1.29 is 14.3 Å². The van der Waals surface area contributed by atoms with Crippen LogP contribution in [-0.2, 0) is 14.3 Å². The molecule has 0 atom stereocenters. The summed E-state index contributed by atoms with van der Waals surface area (Å²) in [6, 6.07) is 0. The lowest BCUT2D eigenvalue weighted by molar-refractivity contribution is -0.142. The number of piperidine rings is 1. The fourth-order valence-corrected chi connectivity index (χ4v) is 2.73. The van der Waals surface area contributed by atoms with Gasteiger partial charge in [0.15, 0.2) is 0 Å². The number of hydrogen-bond donors (Lipinski definition) is 1. The molecule has 0 spiro atoms. The minimum absolute atomic E-state index is 0.0237. The van der Waals surface area contributed by atoms with Crippen molar-refractivity contribution in [1.29, 1.82) is 0 Å². The van der Waals surface area contributed by atoms with E-state index in [1.165, 1.54) is 7.11 Å².